The van der Waals surface area contributed by atoms with Crippen LogP contribution in [0.2, 0.25) is 0 Å². The van der Waals surface area contributed by atoms with Crippen molar-refractivity contribution in [1.82, 2.24) is 39.8 Å². The summed E-state index contributed by atoms with van der Waals surface area (Å²) >= 11 is 0. The van der Waals surface area contributed by atoms with Crippen molar-refractivity contribution in [2.45, 2.75) is 155 Å². The number of aliphatic hydroxyl groups excluding tert-OH is 1. The van der Waals surface area contributed by atoms with Gasteiger partial charge in [0.15, 0.2) is 17.7 Å². The molecule has 62 heavy (non-hydrogen) atoms. The zero-order valence-electron chi connectivity index (χ0n) is 38.1. The third-order valence-corrected chi connectivity index (χ3v) is 13.4. The molecule has 0 bridgehead atoms. The van der Waals surface area contributed by atoms with E-state index in [9.17, 15) is 24.3 Å². The second-order valence-corrected chi connectivity index (χ2v) is 18.3. The fraction of sp³-hybridized carbons (Fsp3) is 0.727. The van der Waals surface area contributed by atoms with Crippen molar-refractivity contribution >= 4 is 34.7 Å². The van der Waals surface area contributed by atoms with Gasteiger partial charge in [-0.1, -0.05) is 45.0 Å². The summed E-state index contributed by atoms with van der Waals surface area (Å²) < 4.78 is 33.0. The average molecular weight is 867 g/mol. The van der Waals surface area contributed by atoms with Gasteiger partial charge in [-0.2, -0.15) is 15.0 Å². The number of aliphatic hydroxyl groups is 1. The molecule has 0 spiro atoms. The molecule has 2 aromatic heterocycles. The summed E-state index contributed by atoms with van der Waals surface area (Å²) in [6, 6.07) is 6.52. The van der Waals surface area contributed by atoms with Crippen LogP contribution in [0.4, 0.5) is 4.79 Å². The second kappa shape index (κ2) is 19.2. The quantitative estimate of drug-likeness (QED) is 0.155. The van der Waals surface area contributed by atoms with E-state index in [0.717, 1.165) is 11.0 Å². The summed E-state index contributed by atoms with van der Waals surface area (Å²) in [4.78, 5) is 62.1. The lowest BCUT2D eigenvalue weighted by Crippen LogP contribution is -2.60. The SMILES string of the molecule is CC[C@H]1OC(=O)[C@H](C)C(=O)[C@H](C)[C@@H](OC2OC(C)CC(N(C)C)C2O)[C@@](C)(OC)C[C@@H](C)C(=O)[C@H](C)[C@H]2N(CCCCn3cc(Cn4nc5ccccc5n4)nn3)C(=O)O[C@]12C. The number of amides is 1. The van der Waals surface area contributed by atoms with E-state index < -0.39 is 83.4 Å². The number of benzene rings is 1. The first-order chi connectivity index (χ1) is 29.3. The van der Waals surface area contributed by atoms with Crippen LogP contribution < -0.4 is 0 Å². The molecule has 3 saturated heterocycles. The number of esters is 1. The van der Waals surface area contributed by atoms with Gasteiger partial charge in [0.2, 0.25) is 0 Å². The number of ketones is 2. The number of likely N-dealkylation sites (N-methyl/N-ethyl adjacent to an activating group) is 1. The number of cyclic esters (lactones) is 1. The van der Waals surface area contributed by atoms with Crippen LogP contribution in [0.3, 0.4) is 0 Å². The van der Waals surface area contributed by atoms with Gasteiger partial charge in [0.1, 0.15) is 47.2 Å². The average Bonchev–Trinajstić information content (AvgIpc) is 3.94. The van der Waals surface area contributed by atoms with Crippen LogP contribution in [-0.2, 0) is 51.2 Å². The highest BCUT2D eigenvalue weighted by molar-refractivity contribution is 6.00. The van der Waals surface area contributed by atoms with Crippen molar-refractivity contribution < 1.29 is 48.0 Å². The maximum atomic E-state index is 14.8. The molecule has 6 rings (SSSR count). The first-order valence-electron chi connectivity index (χ1n) is 22.0. The van der Waals surface area contributed by atoms with Crippen molar-refractivity contribution in [2.24, 2.45) is 23.7 Å². The number of unbranched alkanes of at least 4 members (excludes halogenated alkanes) is 1. The molecule has 0 saturated carbocycles. The van der Waals surface area contributed by atoms with Crippen molar-refractivity contribution in [3.05, 3.63) is 36.2 Å². The predicted octanol–water partition coefficient (Wildman–Crippen LogP) is 4.06. The fourth-order valence-electron chi connectivity index (χ4n) is 9.91. The summed E-state index contributed by atoms with van der Waals surface area (Å²) in [5, 5.41) is 29.0. The topological polar surface area (TPSA) is 203 Å². The van der Waals surface area contributed by atoms with Gasteiger partial charge in [-0.25, -0.2) is 4.79 Å². The molecule has 3 aromatic rings. The molecule has 342 valence electrons. The van der Waals surface area contributed by atoms with Gasteiger partial charge in [0, 0.05) is 44.0 Å². The minimum absolute atomic E-state index is 0.117. The number of carbonyl (C=O) groups is 4. The Labute approximate surface area is 363 Å². The minimum Gasteiger partial charge on any atom is -0.458 e. The van der Waals surface area contributed by atoms with Crippen LogP contribution in [0.5, 0.6) is 0 Å². The standard InChI is InChI=1S/C44H66N8O10/c1-12-34-44(8)38(51(42(57)62-44)20-16-15-19-50-23-30(45-48-50)24-52-46-31-17-13-14-18-32(31)47-52)27(4)35(53)25(2)22-43(7,58-11)39(28(5)36(54)29(6)40(56)60-34)61-41-37(55)33(49(9)10)21-26(3)59-41/h13-14,17-18,23,25-29,33-34,37-39,41,55H,12,15-16,19-22,24H2,1-11H3/t25-,26?,27+,28+,29-,33?,34-,37?,38-,39-,41?,43+,44-/m1/s1. The Morgan fingerprint density at radius 3 is 2.24 bits per heavy atom. The molecule has 1 N–H and O–H groups in total. The highest BCUT2D eigenvalue weighted by Gasteiger charge is 2.60. The minimum atomic E-state index is -1.43. The summed E-state index contributed by atoms with van der Waals surface area (Å²) in [6.07, 6.45) is -1.15. The van der Waals surface area contributed by atoms with Crippen LogP contribution in [0, 0.1) is 23.7 Å². The first-order valence-corrected chi connectivity index (χ1v) is 22.0. The van der Waals surface area contributed by atoms with Crippen molar-refractivity contribution in [3.63, 3.8) is 0 Å². The fourth-order valence-corrected chi connectivity index (χ4v) is 9.91. The number of methoxy groups -OCH3 is 1. The normalized spacial score (nSPS) is 35.2. The monoisotopic (exact) mass is 866 g/mol. The summed E-state index contributed by atoms with van der Waals surface area (Å²) in [6.45, 7) is 15.1. The maximum absolute atomic E-state index is 14.8. The number of Topliss-reactive ketones (excluding diaryl/α,β-unsaturated/α-hetero) is 2. The number of carbonyl (C=O) groups excluding carboxylic acids is 4. The van der Waals surface area contributed by atoms with Gasteiger partial charge in [-0.3, -0.25) is 19.1 Å². The molecule has 0 radical (unpaired) electrons. The van der Waals surface area contributed by atoms with E-state index in [1.807, 2.05) is 63.3 Å². The lowest BCUT2D eigenvalue weighted by atomic mass is 9.73. The lowest BCUT2D eigenvalue weighted by Gasteiger charge is -2.47. The van der Waals surface area contributed by atoms with Gasteiger partial charge in [0.05, 0.1) is 30.0 Å². The molecule has 4 unspecified atom stereocenters. The van der Waals surface area contributed by atoms with Gasteiger partial charge in [-0.05, 0) is 86.0 Å². The van der Waals surface area contributed by atoms with Gasteiger partial charge < -0.3 is 38.6 Å². The van der Waals surface area contributed by atoms with Crippen LogP contribution in [0.1, 0.15) is 93.2 Å². The molecule has 13 atom stereocenters. The molecule has 1 amide bonds. The van der Waals surface area contributed by atoms with E-state index in [1.54, 1.807) is 49.0 Å². The van der Waals surface area contributed by atoms with Gasteiger partial charge in [-0.15, -0.1) is 5.10 Å². The maximum Gasteiger partial charge on any atom is 0.410 e. The predicted molar refractivity (Wildman–Crippen MR) is 225 cm³/mol. The number of ether oxygens (including phenoxy) is 5. The Morgan fingerprint density at radius 2 is 1.61 bits per heavy atom. The molecular weight excluding hydrogens is 801 g/mol. The van der Waals surface area contributed by atoms with Crippen LogP contribution >= 0.6 is 0 Å². The van der Waals surface area contributed by atoms with Gasteiger partial charge in [0.25, 0.3) is 0 Å². The zero-order valence-corrected chi connectivity index (χ0v) is 38.1. The summed E-state index contributed by atoms with van der Waals surface area (Å²) in [7, 11) is 5.23. The Kier molecular flexibility index (Phi) is 14.6. The van der Waals surface area contributed by atoms with Crippen molar-refractivity contribution in [1.29, 1.82) is 0 Å². The number of fused-ring (bicyclic) bond motifs is 2. The number of rotatable bonds is 12. The molecule has 3 aliphatic rings. The second-order valence-electron chi connectivity index (χ2n) is 18.3. The highest BCUT2D eigenvalue weighted by atomic mass is 16.7. The molecule has 0 aliphatic carbocycles. The molecule has 3 fully saturated rings. The largest absolute Gasteiger partial charge is 0.458 e. The van der Waals surface area contributed by atoms with E-state index in [-0.39, 0.29) is 37.3 Å². The molecule has 18 heteroatoms. The Hall–Kier alpha value is -4.36. The van der Waals surface area contributed by atoms with Crippen LogP contribution in [-0.4, -0.2) is 150 Å². The van der Waals surface area contributed by atoms with E-state index >= 15 is 0 Å². The Balaban J connectivity index is 1.23. The van der Waals surface area contributed by atoms with E-state index in [4.69, 9.17) is 23.7 Å². The van der Waals surface area contributed by atoms with Gasteiger partial charge >= 0.3 is 12.1 Å². The van der Waals surface area contributed by atoms with Crippen molar-refractivity contribution in [2.75, 3.05) is 27.7 Å². The lowest BCUT2D eigenvalue weighted by molar-refractivity contribution is -0.295. The summed E-state index contributed by atoms with van der Waals surface area (Å²) in [5.74, 6) is -5.05. The smallest absolute Gasteiger partial charge is 0.410 e. The Morgan fingerprint density at radius 1 is 0.952 bits per heavy atom. The number of nitrogens with zero attached hydrogens (tertiary/aromatic N) is 8. The molecular formula is C44H66N8O10. The van der Waals surface area contributed by atoms with E-state index in [2.05, 4.69) is 20.5 Å². The number of aromatic nitrogens is 6. The number of hydrogen-bond acceptors (Lipinski definition) is 15. The number of hydrogen-bond donors (Lipinski definition) is 1. The van der Waals surface area contributed by atoms with E-state index in [0.29, 0.717) is 38.0 Å². The molecule has 5 heterocycles. The third kappa shape index (κ3) is 9.59. The van der Waals surface area contributed by atoms with E-state index in [1.165, 1.54) is 14.0 Å². The highest BCUT2D eigenvalue weighted by Crippen LogP contribution is 2.43. The zero-order chi connectivity index (χ0) is 45.3. The molecule has 1 aromatic carbocycles. The third-order valence-electron chi connectivity index (χ3n) is 13.4. The molecule has 18 nitrogen and oxygen atoms in total. The first kappa shape index (κ1) is 47.1. The van der Waals surface area contributed by atoms with Crippen LogP contribution in [0.25, 0.3) is 11.0 Å². The Bertz CT molecular complexity index is 2030. The molecule has 3 aliphatic heterocycles. The summed E-state index contributed by atoms with van der Waals surface area (Å²) in [5.41, 5.74) is -0.416. The number of aryl methyl sites for hydroxylation is 1. The van der Waals surface area contributed by atoms with Crippen LogP contribution in [0.15, 0.2) is 30.5 Å². The van der Waals surface area contributed by atoms with Crippen molar-refractivity contribution in [3.8, 4) is 0 Å².